The highest BCUT2D eigenvalue weighted by Gasteiger charge is 2.30. The lowest BCUT2D eigenvalue weighted by Gasteiger charge is -2.28. The van der Waals surface area contributed by atoms with Crippen molar-refractivity contribution in [1.29, 1.82) is 0 Å². The number of amides is 1. The Morgan fingerprint density at radius 2 is 2.00 bits per heavy atom. The van der Waals surface area contributed by atoms with E-state index in [1.165, 1.54) is 0 Å². The van der Waals surface area contributed by atoms with Crippen LogP contribution in [0.5, 0.6) is 0 Å². The van der Waals surface area contributed by atoms with E-state index in [2.05, 4.69) is 23.4 Å². The first-order valence-corrected chi connectivity index (χ1v) is 9.31. The van der Waals surface area contributed by atoms with E-state index in [0.29, 0.717) is 5.69 Å². The number of nitrogens with one attached hydrogen (secondary N) is 1. The molecule has 0 spiro atoms. The fourth-order valence-corrected chi connectivity index (χ4v) is 4.14. The Morgan fingerprint density at radius 1 is 1.20 bits per heavy atom. The number of fused-ring (bicyclic) bond motifs is 1. The summed E-state index contributed by atoms with van der Waals surface area (Å²) < 4.78 is 1.95. The summed E-state index contributed by atoms with van der Waals surface area (Å²) in [5.41, 5.74) is 4.95. The van der Waals surface area contributed by atoms with Gasteiger partial charge in [0.05, 0.1) is 17.8 Å². The Kier molecular flexibility index (Phi) is 4.34. The predicted octanol–water partition coefficient (Wildman–Crippen LogP) is 2.70. The summed E-state index contributed by atoms with van der Waals surface area (Å²) in [5, 5.41) is 17.8. The second-order valence-electron chi connectivity index (χ2n) is 7.26. The van der Waals surface area contributed by atoms with Gasteiger partial charge in [0.15, 0.2) is 5.69 Å². The number of benzene rings is 1. The van der Waals surface area contributed by atoms with Gasteiger partial charge in [0.25, 0.3) is 5.91 Å². The topological polar surface area (TPSA) is 67.2 Å². The maximum absolute atomic E-state index is 12.8. The van der Waals surface area contributed by atoms with Crippen LogP contribution in [0.4, 0.5) is 0 Å². The van der Waals surface area contributed by atoms with E-state index in [4.69, 9.17) is 0 Å². The van der Waals surface area contributed by atoms with Crippen LogP contribution in [-0.4, -0.2) is 32.9 Å². The molecule has 1 aromatic heterocycles. The molecule has 0 saturated heterocycles. The Morgan fingerprint density at radius 3 is 2.80 bits per heavy atom. The Hall–Kier alpha value is -2.14. The zero-order valence-electron chi connectivity index (χ0n) is 14.7. The molecule has 2 aliphatic rings. The third kappa shape index (κ3) is 2.97. The fraction of sp³-hybridized carbons (Fsp3) is 0.500. The van der Waals surface area contributed by atoms with Crippen LogP contribution in [-0.2, 0) is 12.8 Å². The molecule has 1 saturated carbocycles. The quantitative estimate of drug-likeness (QED) is 0.903. The molecule has 1 heterocycles. The number of carbonyl (C=O) groups excluding carboxylic acids is 1. The molecular formula is C20H25N3O2. The van der Waals surface area contributed by atoms with Gasteiger partial charge in [-0.2, -0.15) is 5.10 Å². The average molecular weight is 339 g/mol. The molecule has 25 heavy (non-hydrogen) atoms. The molecule has 1 fully saturated rings. The summed E-state index contributed by atoms with van der Waals surface area (Å²) in [4.78, 5) is 12.8. The molecule has 5 nitrogen and oxygen atoms in total. The standard InChI is InChI=1S/C20H25N3O2/c1-13-7-2-4-10-16(13)23-17-11-6-8-14(17)19(22-23)20(25)21-15-9-3-5-12-18(15)24/h2,4,7,10,15,18,24H,3,5-6,8-9,11-12H2,1H3,(H,21,25). The largest absolute Gasteiger partial charge is 0.391 e. The highest BCUT2D eigenvalue weighted by atomic mass is 16.3. The second kappa shape index (κ2) is 6.64. The van der Waals surface area contributed by atoms with Gasteiger partial charge in [-0.25, -0.2) is 4.68 Å². The molecule has 4 rings (SSSR count). The van der Waals surface area contributed by atoms with Gasteiger partial charge in [-0.1, -0.05) is 31.0 Å². The maximum atomic E-state index is 12.8. The van der Waals surface area contributed by atoms with Gasteiger partial charge < -0.3 is 10.4 Å². The predicted molar refractivity (Wildman–Crippen MR) is 96.1 cm³/mol. The van der Waals surface area contributed by atoms with E-state index < -0.39 is 6.10 Å². The monoisotopic (exact) mass is 339 g/mol. The van der Waals surface area contributed by atoms with Gasteiger partial charge in [-0.05, 0) is 50.7 Å². The summed E-state index contributed by atoms with van der Waals surface area (Å²) in [6.07, 6.45) is 6.17. The molecule has 2 aliphatic carbocycles. The van der Waals surface area contributed by atoms with Crippen LogP contribution >= 0.6 is 0 Å². The molecule has 5 heteroatoms. The number of para-hydroxylation sites is 1. The summed E-state index contributed by atoms with van der Waals surface area (Å²) in [6.45, 7) is 2.07. The minimum Gasteiger partial charge on any atom is -0.391 e. The minimum absolute atomic E-state index is 0.142. The number of aromatic nitrogens is 2. The van der Waals surface area contributed by atoms with Gasteiger partial charge in [-0.15, -0.1) is 0 Å². The lowest BCUT2D eigenvalue weighted by Crippen LogP contribution is -2.45. The first kappa shape index (κ1) is 16.3. The van der Waals surface area contributed by atoms with Gasteiger partial charge in [-0.3, -0.25) is 4.79 Å². The lowest BCUT2D eigenvalue weighted by molar-refractivity contribution is 0.0713. The maximum Gasteiger partial charge on any atom is 0.272 e. The number of aliphatic hydroxyl groups is 1. The molecule has 132 valence electrons. The SMILES string of the molecule is Cc1ccccc1-n1nc(C(=O)NC2CCCCC2O)c2c1CCC2. The number of hydrogen-bond donors (Lipinski definition) is 2. The Bertz CT molecular complexity index is 796. The number of hydrogen-bond acceptors (Lipinski definition) is 3. The van der Waals surface area contributed by atoms with Crippen LogP contribution in [0.15, 0.2) is 24.3 Å². The number of aryl methyl sites for hydroxylation is 1. The normalized spacial score (nSPS) is 22.6. The van der Waals surface area contributed by atoms with Crippen LogP contribution in [0.25, 0.3) is 5.69 Å². The smallest absolute Gasteiger partial charge is 0.272 e. The first-order chi connectivity index (χ1) is 12.1. The van der Waals surface area contributed by atoms with Crippen molar-refractivity contribution in [1.82, 2.24) is 15.1 Å². The molecule has 0 radical (unpaired) electrons. The van der Waals surface area contributed by atoms with Crippen molar-refractivity contribution in [3.8, 4) is 5.69 Å². The first-order valence-electron chi connectivity index (χ1n) is 9.31. The minimum atomic E-state index is -0.441. The van der Waals surface area contributed by atoms with Gasteiger partial charge in [0.1, 0.15) is 0 Å². The molecule has 2 N–H and O–H groups in total. The Labute approximate surface area is 148 Å². The van der Waals surface area contributed by atoms with Crippen LogP contribution in [0.1, 0.15) is 59.4 Å². The van der Waals surface area contributed by atoms with Gasteiger partial charge in [0, 0.05) is 11.3 Å². The molecule has 2 unspecified atom stereocenters. The van der Waals surface area contributed by atoms with E-state index >= 15 is 0 Å². The van der Waals surface area contributed by atoms with Crippen molar-refractivity contribution in [2.75, 3.05) is 0 Å². The molecule has 0 aliphatic heterocycles. The molecule has 1 amide bonds. The van der Waals surface area contributed by atoms with Crippen molar-refractivity contribution >= 4 is 5.91 Å². The van der Waals surface area contributed by atoms with Crippen LogP contribution < -0.4 is 5.32 Å². The number of rotatable bonds is 3. The van der Waals surface area contributed by atoms with Crippen molar-refractivity contribution in [2.24, 2.45) is 0 Å². The van der Waals surface area contributed by atoms with Crippen LogP contribution in [0.3, 0.4) is 0 Å². The van der Waals surface area contributed by atoms with E-state index in [0.717, 1.165) is 67.5 Å². The third-order valence-corrected chi connectivity index (χ3v) is 5.53. The zero-order chi connectivity index (χ0) is 17.4. The molecule has 0 bridgehead atoms. The number of aliphatic hydroxyl groups excluding tert-OH is 1. The average Bonchev–Trinajstić information content (AvgIpc) is 3.20. The summed E-state index contributed by atoms with van der Waals surface area (Å²) in [6, 6.07) is 7.98. The van der Waals surface area contributed by atoms with Crippen molar-refractivity contribution in [3.05, 3.63) is 46.8 Å². The van der Waals surface area contributed by atoms with Gasteiger partial charge >= 0.3 is 0 Å². The van der Waals surface area contributed by atoms with E-state index in [1.807, 2.05) is 22.9 Å². The number of carbonyl (C=O) groups is 1. The van der Waals surface area contributed by atoms with E-state index in [-0.39, 0.29) is 11.9 Å². The third-order valence-electron chi connectivity index (χ3n) is 5.53. The van der Waals surface area contributed by atoms with E-state index in [9.17, 15) is 9.90 Å². The highest BCUT2D eigenvalue weighted by Crippen LogP contribution is 2.29. The number of nitrogens with zero attached hydrogens (tertiary/aromatic N) is 2. The second-order valence-corrected chi connectivity index (χ2v) is 7.26. The molecular weight excluding hydrogens is 314 g/mol. The van der Waals surface area contributed by atoms with Crippen molar-refractivity contribution in [3.63, 3.8) is 0 Å². The lowest BCUT2D eigenvalue weighted by atomic mass is 9.92. The van der Waals surface area contributed by atoms with E-state index in [1.54, 1.807) is 0 Å². The van der Waals surface area contributed by atoms with Gasteiger partial charge in [0.2, 0.25) is 0 Å². The molecule has 2 aromatic rings. The summed E-state index contributed by atoms with van der Waals surface area (Å²) in [5.74, 6) is -0.142. The van der Waals surface area contributed by atoms with Crippen LogP contribution in [0.2, 0.25) is 0 Å². The zero-order valence-corrected chi connectivity index (χ0v) is 14.7. The Balaban J connectivity index is 1.66. The fourth-order valence-electron chi connectivity index (χ4n) is 4.14. The molecule has 2 atom stereocenters. The van der Waals surface area contributed by atoms with Crippen molar-refractivity contribution < 1.29 is 9.90 Å². The van der Waals surface area contributed by atoms with Crippen molar-refractivity contribution in [2.45, 2.75) is 64.0 Å². The highest BCUT2D eigenvalue weighted by molar-refractivity contribution is 5.94. The summed E-state index contributed by atoms with van der Waals surface area (Å²) >= 11 is 0. The molecule has 1 aromatic carbocycles. The summed E-state index contributed by atoms with van der Waals surface area (Å²) in [7, 11) is 0. The van der Waals surface area contributed by atoms with Crippen LogP contribution in [0, 0.1) is 6.92 Å².